The van der Waals surface area contributed by atoms with Crippen LogP contribution in [0.2, 0.25) is 0 Å². The lowest BCUT2D eigenvalue weighted by molar-refractivity contribution is -0.385. The van der Waals surface area contributed by atoms with E-state index in [0.717, 1.165) is 0 Å². The van der Waals surface area contributed by atoms with Gasteiger partial charge in [-0.25, -0.2) is 4.79 Å². The van der Waals surface area contributed by atoms with Gasteiger partial charge in [0.2, 0.25) is 0 Å². The van der Waals surface area contributed by atoms with E-state index in [0.29, 0.717) is 12.2 Å². The molecule has 0 spiro atoms. The van der Waals surface area contributed by atoms with Crippen LogP contribution >= 0.6 is 0 Å². The number of nitrogens with zero attached hydrogens (tertiary/aromatic N) is 2. The Morgan fingerprint density at radius 1 is 1.40 bits per heavy atom. The minimum Gasteiger partial charge on any atom is -0.444 e. The molecule has 0 unspecified atom stereocenters. The summed E-state index contributed by atoms with van der Waals surface area (Å²) in [4.78, 5) is 24.8. The fraction of sp³-hybridized carbons (Fsp3) is 0.500. The molecule has 1 heterocycles. The fourth-order valence-corrected chi connectivity index (χ4v) is 2.65. The van der Waals surface area contributed by atoms with E-state index in [1.165, 1.54) is 11.0 Å². The number of carbonyl (C=O) groups excluding carboxylic acids is 1. The lowest BCUT2D eigenvalue weighted by Gasteiger charge is -2.34. The highest BCUT2D eigenvalue weighted by atomic mass is 16.6. The van der Waals surface area contributed by atoms with E-state index < -0.39 is 22.3 Å². The Morgan fingerprint density at radius 2 is 2.04 bits per heavy atom. The number of hydrogen-bond acceptors (Lipinski definition) is 5. The normalized spacial score (nSPS) is 20.0. The number of carbonyl (C=O) groups is 1. The SMILES string of the molecule is CC(C)(C)OC(=O)N1[C@H](/C=C/c2ccccc2[N+](=O)[O-])COC1(C)C. The number of rotatable bonds is 3. The second-order valence-corrected chi connectivity index (χ2v) is 7.35. The maximum atomic E-state index is 12.6. The van der Waals surface area contributed by atoms with Gasteiger partial charge in [0, 0.05) is 6.07 Å². The molecule has 1 amide bonds. The zero-order valence-electron chi connectivity index (χ0n) is 15.2. The molecule has 0 aliphatic carbocycles. The van der Waals surface area contributed by atoms with Crippen LogP contribution in [0.25, 0.3) is 6.08 Å². The zero-order chi connectivity index (χ0) is 18.8. The minimum atomic E-state index is -0.819. The van der Waals surface area contributed by atoms with Crippen LogP contribution in [0.4, 0.5) is 10.5 Å². The molecular weight excluding hydrogens is 324 g/mol. The summed E-state index contributed by atoms with van der Waals surface area (Å²) in [6.45, 7) is 9.27. The summed E-state index contributed by atoms with van der Waals surface area (Å²) >= 11 is 0. The Balaban J connectivity index is 2.26. The number of ether oxygens (including phenoxy) is 2. The summed E-state index contributed by atoms with van der Waals surface area (Å²) in [7, 11) is 0. The lowest BCUT2D eigenvalue weighted by Crippen LogP contribution is -2.49. The van der Waals surface area contributed by atoms with Crippen LogP contribution < -0.4 is 0 Å². The number of nitro benzene ring substituents is 1. The molecule has 7 heteroatoms. The smallest absolute Gasteiger partial charge is 0.413 e. The van der Waals surface area contributed by atoms with Crippen LogP contribution in [0.5, 0.6) is 0 Å². The van der Waals surface area contributed by atoms with Crippen LogP contribution in [-0.4, -0.2) is 39.9 Å². The minimum absolute atomic E-state index is 0.0146. The Morgan fingerprint density at radius 3 is 2.64 bits per heavy atom. The van der Waals surface area contributed by atoms with Crippen LogP contribution in [0.15, 0.2) is 30.3 Å². The second kappa shape index (κ2) is 6.84. The molecule has 1 aliphatic heterocycles. The number of benzene rings is 1. The van der Waals surface area contributed by atoms with Crippen molar-refractivity contribution in [2.24, 2.45) is 0 Å². The van der Waals surface area contributed by atoms with Crippen molar-refractivity contribution < 1.29 is 19.2 Å². The molecule has 0 N–H and O–H groups in total. The molecule has 0 bridgehead atoms. The maximum Gasteiger partial charge on any atom is 0.413 e. The molecule has 7 nitrogen and oxygen atoms in total. The topological polar surface area (TPSA) is 81.9 Å². The molecule has 2 rings (SSSR count). The average Bonchev–Trinajstić information content (AvgIpc) is 2.78. The molecule has 1 atom stereocenters. The van der Waals surface area contributed by atoms with E-state index in [-0.39, 0.29) is 11.7 Å². The van der Waals surface area contributed by atoms with Crippen molar-refractivity contribution in [3.05, 3.63) is 46.0 Å². The van der Waals surface area contributed by atoms with Crippen LogP contribution in [0.1, 0.15) is 40.2 Å². The fourth-order valence-electron chi connectivity index (χ4n) is 2.65. The van der Waals surface area contributed by atoms with Crippen LogP contribution in [0.3, 0.4) is 0 Å². The van der Waals surface area contributed by atoms with E-state index in [1.54, 1.807) is 65.0 Å². The summed E-state index contributed by atoms with van der Waals surface area (Å²) in [5.74, 6) is 0. The molecule has 136 valence electrons. The van der Waals surface area contributed by atoms with Crippen molar-refractivity contribution in [1.82, 2.24) is 4.90 Å². The van der Waals surface area contributed by atoms with Crippen LogP contribution in [-0.2, 0) is 9.47 Å². The summed E-state index contributed by atoms with van der Waals surface area (Å²) in [6.07, 6.45) is 2.90. The first-order valence-corrected chi connectivity index (χ1v) is 8.09. The maximum absolute atomic E-state index is 12.6. The number of nitro groups is 1. The number of hydrogen-bond donors (Lipinski definition) is 0. The van der Waals surface area contributed by atoms with Gasteiger partial charge in [0.05, 0.1) is 23.1 Å². The highest BCUT2D eigenvalue weighted by Crippen LogP contribution is 2.31. The highest BCUT2D eigenvalue weighted by molar-refractivity contribution is 5.71. The molecule has 1 aliphatic rings. The van der Waals surface area contributed by atoms with Gasteiger partial charge >= 0.3 is 6.09 Å². The Hall–Kier alpha value is -2.41. The summed E-state index contributed by atoms with van der Waals surface area (Å²) in [5, 5.41) is 11.1. The van der Waals surface area contributed by atoms with Crippen molar-refractivity contribution in [2.75, 3.05) is 6.61 Å². The van der Waals surface area contributed by atoms with E-state index in [1.807, 2.05) is 0 Å². The van der Waals surface area contributed by atoms with Crippen molar-refractivity contribution in [3.63, 3.8) is 0 Å². The third-order valence-corrected chi connectivity index (χ3v) is 3.74. The second-order valence-electron chi connectivity index (χ2n) is 7.35. The van der Waals surface area contributed by atoms with Gasteiger partial charge in [0.1, 0.15) is 11.3 Å². The zero-order valence-corrected chi connectivity index (χ0v) is 15.2. The van der Waals surface area contributed by atoms with Gasteiger partial charge in [-0.3, -0.25) is 15.0 Å². The van der Waals surface area contributed by atoms with Gasteiger partial charge in [-0.1, -0.05) is 18.2 Å². The predicted octanol–water partition coefficient (Wildman–Crippen LogP) is 3.98. The summed E-state index contributed by atoms with van der Waals surface area (Å²) in [6, 6.07) is 6.08. The van der Waals surface area contributed by atoms with Gasteiger partial charge in [-0.15, -0.1) is 0 Å². The van der Waals surface area contributed by atoms with E-state index in [2.05, 4.69) is 0 Å². The lowest BCUT2D eigenvalue weighted by atomic mass is 10.1. The molecule has 0 saturated carbocycles. The first kappa shape index (κ1) is 18.9. The van der Waals surface area contributed by atoms with Gasteiger partial charge in [0.25, 0.3) is 5.69 Å². The number of para-hydroxylation sites is 1. The molecule has 0 aromatic heterocycles. The van der Waals surface area contributed by atoms with E-state index in [9.17, 15) is 14.9 Å². The molecular formula is C18H24N2O5. The number of amides is 1. The largest absolute Gasteiger partial charge is 0.444 e. The molecule has 1 aromatic carbocycles. The standard InChI is InChI=1S/C18H24N2O5/c1-17(2,3)25-16(21)19-14(12-24-18(19,4)5)11-10-13-8-6-7-9-15(13)20(22)23/h6-11,14H,12H2,1-5H3/b11-10+/t14-/m1/s1. The van der Waals surface area contributed by atoms with Crippen molar-refractivity contribution >= 4 is 17.9 Å². The van der Waals surface area contributed by atoms with Crippen molar-refractivity contribution in [3.8, 4) is 0 Å². The summed E-state index contributed by atoms with van der Waals surface area (Å²) in [5.41, 5.74) is -0.954. The molecule has 0 radical (unpaired) electrons. The van der Waals surface area contributed by atoms with Gasteiger partial charge < -0.3 is 9.47 Å². The third-order valence-electron chi connectivity index (χ3n) is 3.74. The quantitative estimate of drug-likeness (QED) is 0.609. The first-order valence-electron chi connectivity index (χ1n) is 8.09. The average molecular weight is 348 g/mol. The first-order chi connectivity index (χ1) is 11.5. The predicted molar refractivity (Wildman–Crippen MR) is 94.0 cm³/mol. The highest BCUT2D eigenvalue weighted by Gasteiger charge is 2.44. The molecule has 1 saturated heterocycles. The van der Waals surface area contributed by atoms with Crippen LogP contribution in [0, 0.1) is 10.1 Å². The monoisotopic (exact) mass is 348 g/mol. The molecule has 1 fully saturated rings. The van der Waals surface area contributed by atoms with E-state index >= 15 is 0 Å². The molecule has 1 aromatic rings. The Bertz CT molecular complexity index is 691. The Labute approximate surface area is 147 Å². The van der Waals surface area contributed by atoms with Gasteiger partial charge in [-0.2, -0.15) is 0 Å². The van der Waals surface area contributed by atoms with Crippen molar-refractivity contribution in [2.45, 2.75) is 52.0 Å². The van der Waals surface area contributed by atoms with E-state index in [4.69, 9.17) is 9.47 Å². The third kappa shape index (κ3) is 4.57. The van der Waals surface area contributed by atoms with Gasteiger partial charge in [0.15, 0.2) is 0 Å². The molecule has 25 heavy (non-hydrogen) atoms. The van der Waals surface area contributed by atoms with Crippen molar-refractivity contribution in [1.29, 1.82) is 0 Å². The Kier molecular flexibility index (Phi) is 5.17. The summed E-state index contributed by atoms with van der Waals surface area (Å²) < 4.78 is 11.2. The van der Waals surface area contributed by atoms with Gasteiger partial charge in [-0.05, 0) is 46.8 Å².